The second-order valence-corrected chi connectivity index (χ2v) is 6.44. The first kappa shape index (κ1) is 10.8. The van der Waals surface area contributed by atoms with Gasteiger partial charge in [-0.15, -0.1) is 0 Å². The van der Waals surface area contributed by atoms with Gasteiger partial charge in [0, 0.05) is 14.1 Å². The molecule has 0 atom stereocenters. The number of benzene rings is 1. The summed E-state index contributed by atoms with van der Waals surface area (Å²) in [5.74, 6) is 0.892. The molecule has 0 aromatic heterocycles. The molecule has 0 aliphatic heterocycles. The number of nitrogens with one attached hydrogen (secondary N) is 1. The maximum absolute atomic E-state index is 12.1. The molecule has 3 saturated carbocycles. The van der Waals surface area contributed by atoms with Gasteiger partial charge in [0.15, 0.2) is 0 Å². The van der Waals surface area contributed by atoms with Crippen molar-refractivity contribution in [1.82, 2.24) is 5.32 Å². The van der Waals surface area contributed by atoms with Crippen molar-refractivity contribution in [2.24, 2.45) is 5.92 Å². The van der Waals surface area contributed by atoms with Gasteiger partial charge in [-0.25, -0.2) is 0 Å². The Kier molecular flexibility index (Phi) is 2.44. The van der Waals surface area contributed by atoms with Gasteiger partial charge < -0.3 is 5.32 Å². The van der Waals surface area contributed by atoms with E-state index in [1.165, 1.54) is 0 Å². The summed E-state index contributed by atoms with van der Waals surface area (Å²) in [4.78, 5) is 12.1. The molecule has 1 N–H and O–H groups in total. The minimum Gasteiger partial charge on any atom is -0.347 e. The second-order valence-electron chi connectivity index (χ2n) is 4.84. The minimum absolute atomic E-state index is 0.0186. The van der Waals surface area contributed by atoms with Gasteiger partial charge in [-0.05, 0) is 66.0 Å². The lowest BCUT2D eigenvalue weighted by atomic mass is 9.50. The number of halogens is 2. The van der Waals surface area contributed by atoms with E-state index in [0.717, 1.165) is 28.8 Å². The molecular weight excluding hydrogens is 336 g/mol. The molecule has 0 unspecified atom stereocenters. The molecule has 3 aliphatic rings. The lowest BCUT2D eigenvalue weighted by molar-refractivity contribution is -0.0438. The Hall–Kier alpha value is -0.290. The van der Waals surface area contributed by atoms with Crippen LogP contribution in [0.5, 0.6) is 0 Å². The van der Waals surface area contributed by atoms with E-state index in [-0.39, 0.29) is 11.4 Å². The Morgan fingerprint density at radius 2 is 2.12 bits per heavy atom. The van der Waals surface area contributed by atoms with Crippen molar-refractivity contribution in [3.8, 4) is 0 Å². The Balaban J connectivity index is 1.80. The predicted octanol–water partition coefficient (Wildman–Crippen LogP) is 3.23. The van der Waals surface area contributed by atoms with Gasteiger partial charge in [0.05, 0.1) is 5.56 Å². The maximum Gasteiger partial charge on any atom is 0.252 e. The first-order valence-corrected chi connectivity index (χ1v) is 6.81. The predicted molar refractivity (Wildman–Crippen MR) is 71.7 cm³/mol. The summed E-state index contributed by atoms with van der Waals surface area (Å²) in [6.07, 6.45) is 3.49. The van der Waals surface area contributed by atoms with E-state index in [1.54, 1.807) is 12.1 Å². The molecule has 0 heterocycles. The van der Waals surface area contributed by atoms with Crippen molar-refractivity contribution in [2.45, 2.75) is 24.8 Å². The van der Waals surface area contributed by atoms with E-state index in [9.17, 15) is 4.79 Å². The van der Waals surface area contributed by atoms with E-state index < -0.39 is 0 Å². The highest BCUT2D eigenvalue weighted by Crippen LogP contribution is 2.57. The van der Waals surface area contributed by atoms with Gasteiger partial charge in [-0.2, -0.15) is 0 Å². The fraction of sp³-hybridized carbons (Fsp3) is 0.417. The Bertz CT molecular complexity index is 457. The molecule has 1 aromatic rings. The molecule has 0 saturated heterocycles. The van der Waals surface area contributed by atoms with Crippen LogP contribution in [0.3, 0.4) is 0 Å². The second kappa shape index (κ2) is 3.60. The van der Waals surface area contributed by atoms with Gasteiger partial charge in [0.25, 0.3) is 5.91 Å². The first-order chi connectivity index (χ1) is 7.58. The van der Waals surface area contributed by atoms with Gasteiger partial charge in [0.1, 0.15) is 0 Å². The molecule has 1 amide bonds. The van der Waals surface area contributed by atoms with E-state index >= 15 is 0 Å². The van der Waals surface area contributed by atoms with Crippen molar-refractivity contribution < 1.29 is 4.79 Å². The van der Waals surface area contributed by atoms with Crippen LogP contribution in [-0.4, -0.2) is 11.4 Å². The molecule has 0 radical (unpaired) electrons. The lowest BCUT2D eigenvalue weighted by Crippen LogP contribution is -2.68. The summed E-state index contributed by atoms with van der Waals surface area (Å²) in [5, 5.41) is 3.75. The van der Waals surface area contributed by atoms with Crippen molar-refractivity contribution >= 4 is 40.1 Å². The fourth-order valence-electron chi connectivity index (χ4n) is 2.61. The zero-order valence-corrected chi connectivity index (χ0v) is 11.5. The van der Waals surface area contributed by atoms with Gasteiger partial charge in [-0.1, -0.05) is 11.6 Å². The standard InChI is InChI=1S/C12H11ClINO/c13-8-1-2-10(14)9(3-8)11(16)15-12-4-7(5-12)6-12/h1-3,7H,4-6H2,(H,15,16). The lowest BCUT2D eigenvalue weighted by Gasteiger charge is -2.61. The van der Waals surface area contributed by atoms with Crippen LogP contribution in [0.2, 0.25) is 5.02 Å². The molecular formula is C12H11ClINO. The normalized spacial score (nSPS) is 30.2. The molecule has 16 heavy (non-hydrogen) atoms. The van der Waals surface area contributed by atoms with E-state index in [1.807, 2.05) is 6.07 Å². The average Bonchev–Trinajstić information content (AvgIpc) is 2.13. The molecule has 84 valence electrons. The summed E-state index contributed by atoms with van der Waals surface area (Å²) < 4.78 is 0.950. The molecule has 0 spiro atoms. The van der Waals surface area contributed by atoms with Crippen LogP contribution in [-0.2, 0) is 0 Å². The monoisotopic (exact) mass is 347 g/mol. The Labute approximate surface area is 113 Å². The summed E-state index contributed by atoms with van der Waals surface area (Å²) in [6.45, 7) is 0. The molecule has 2 bridgehead atoms. The van der Waals surface area contributed by atoms with Crippen molar-refractivity contribution in [3.63, 3.8) is 0 Å². The summed E-state index contributed by atoms with van der Waals surface area (Å²) in [5.41, 5.74) is 0.825. The Morgan fingerprint density at radius 3 is 2.69 bits per heavy atom. The number of hydrogen-bond donors (Lipinski definition) is 1. The highest BCUT2D eigenvalue weighted by Gasteiger charge is 2.57. The van der Waals surface area contributed by atoms with Crippen LogP contribution < -0.4 is 5.32 Å². The summed E-state index contributed by atoms with van der Waals surface area (Å²) in [7, 11) is 0. The van der Waals surface area contributed by atoms with Crippen LogP contribution in [0.4, 0.5) is 0 Å². The molecule has 3 fully saturated rings. The average molecular weight is 348 g/mol. The van der Waals surface area contributed by atoms with E-state index in [0.29, 0.717) is 10.6 Å². The molecule has 2 nitrogen and oxygen atoms in total. The van der Waals surface area contributed by atoms with Crippen LogP contribution >= 0.6 is 34.2 Å². The topological polar surface area (TPSA) is 29.1 Å². The third-order valence-corrected chi connectivity index (χ3v) is 4.77. The quantitative estimate of drug-likeness (QED) is 0.818. The van der Waals surface area contributed by atoms with Crippen molar-refractivity contribution in [1.29, 1.82) is 0 Å². The van der Waals surface area contributed by atoms with Gasteiger partial charge in [0.2, 0.25) is 0 Å². The van der Waals surface area contributed by atoms with Crippen molar-refractivity contribution in [3.05, 3.63) is 32.4 Å². The zero-order valence-electron chi connectivity index (χ0n) is 8.59. The minimum atomic E-state index is 0.0186. The largest absolute Gasteiger partial charge is 0.347 e. The smallest absolute Gasteiger partial charge is 0.252 e. The third-order valence-electron chi connectivity index (χ3n) is 3.59. The zero-order chi connectivity index (χ0) is 11.3. The van der Waals surface area contributed by atoms with Gasteiger partial charge >= 0.3 is 0 Å². The number of carbonyl (C=O) groups is 1. The van der Waals surface area contributed by atoms with Crippen LogP contribution in [0.25, 0.3) is 0 Å². The van der Waals surface area contributed by atoms with Crippen LogP contribution in [0, 0.1) is 9.49 Å². The third kappa shape index (κ3) is 1.64. The van der Waals surface area contributed by atoms with E-state index in [2.05, 4.69) is 27.9 Å². The number of carbonyl (C=O) groups excluding carboxylic acids is 1. The maximum atomic E-state index is 12.1. The first-order valence-electron chi connectivity index (χ1n) is 5.36. The molecule has 3 aliphatic carbocycles. The van der Waals surface area contributed by atoms with Crippen molar-refractivity contribution in [2.75, 3.05) is 0 Å². The number of rotatable bonds is 2. The highest BCUT2D eigenvalue weighted by molar-refractivity contribution is 14.1. The Morgan fingerprint density at radius 1 is 1.44 bits per heavy atom. The van der Waals surface area contributed by atoms with Gasteiger partial charge in [-0.3, -0.25) is 4.79 Å². The molecule has 4 heteroatoms. The fourth-order valence-corrected chi connectivity index (χ4v) is 3.36. The molecule has 1 aromatic carbocycles. The van der Waals surface area contributed by atoms with E-state index in [4.69, 9.17) is 11.6 Å². The van der Waals surface area contributed by atoms with Crippen LogP contribution in [0.1, 0.15) is 29.6 Å². The number of hydrogen-bond acceptors (Lipinski definition) is 1. The summed E-state index contributed by atoms with van der Waals surface area (Å²) in [6, 6.07) is 5.42. The summed E-state index contributed by atoms with van der Waals surface area (Å²) >= 11 is 8.07. The SMILES string of the molecule is O=C(NC12CC(C1)C2)c1cc(Cl)ccc1I. The van der Waals surface area contributed by atoms with Crippen LogP contribution in [0.15, 0.2) is 18.2 Å². The molecule has 4 rings (SSSR count). The number of amides is 1. The highest BCUT2D eigenvalue weighted by atomic mass is 127.